The second-order valence-corrected chi connectivity index (χ2v) is 9.45. The van der Waals surface area contributed by atoms with Crippen LogP contribution in [-0.4, -0.2) is 64.7 Å². The molecule has 3 aromatic rings. The van der Waals surface area contributed by atoms with Crippen molar-refractivity contribution >= 4 is 23.4 Å². The highest BCUT2D eigenvalue weighted by atomic mass is 16.5. The van der Waals surface area contributed by atoms with Crippen molar-refractivity contribution in [3.8, 4) is 22.4 Å². The molecule has 0 aliphatic carbocycles. The number of hydrogen-bond acceptors (Lipinski definition) is 6. The van der Waals surface area contributed by atoms with Crippen molar-refractivity contribution in [1.82, 2.24) is 20.0 Å². The minimum atomic E-state index is -0.620. The summed E-state index contributed by atoms with van der Waals surface area (Å²) in [5.41, 5.74) is 6.65. The molecule has 0 spiro atoms. The zero-order valence-electron chi connectivity index (χ0n) is 20.1. The van der Waals surface area contributed by atoms with E-state index in [1.165, 1.54) is 5.69 Å². The lowest BCUT2D eigenvalue weighted by Crippen LogP contribution is -2.52. The number of imide groups is 1. The number of amides is 3. The number of aryl methyl sites for hydroxylation is 1. The molecule has 0 saturated carbocycles. The van der Waals surface area contributed by atoms with Gasteiger partial charge in [0.15, 0.2) is 0 Å². The maximum Gasteiger partial charge on any atom is 0.255 e. The van der Waals surface area contributed by atoms with Crippen LogP contribution < -0.4 is 10.2 Å². The van der Waals surface area contributed by atoms with Gasteiger partial charge in [0.2, 0.25) is 11.8 Å². The normalized spacial score (nSPS) is 20.0. The molecule has 1 atom stereocenters. The standard InChI is InChI=1S/C27H27N5O4/c1-30-25(17-2-5-20(6-3-17)31-10-12-36-13-11-31)22(15-28-30)18-4-7-21-19(14-18)16-32(27(21)35)23-8-9-24(33)29-26(23)34/h2-7,14-15,23H,8-13,16H2,1H3,(H,29,33,34)/t23-/m0/s1. The van der Waals surface area contributed by atoms with E-state index in [0.717, 1.165) is 54.3 Å². The molecule has 0 bridgehead atoms. The molecule has 4 heterocycles. The van der Waals surface area contributed by atoms with Crippen LogP contribution in [0.1, 0.15) is 28.8 Å². The number of fused-ring (bicyclic) bond motifs is 1. The van der Waals surface area contributed by atoms with E-state index >= 15 is 0 Å². The molecule has 9 heteroatoms. The SMILES string of the molecule is Cn1ncc(-c2ccc3c(c2)CN([C@H]2CCC(=O)NC2=O)C3=O)c1-c1ccc(N2CCOCC2)cc1. The van der Waals surface area contributed by atoms with Crippen molar-refractivity contribution < 1.29 is 19.1 Å². The lowest BCUT2D eigenvalue weighted by Gasteiger charge is -2.29. The number of piperidine rings is 1. The zero-order chi connectivity index (χ0) is 24.8. The Morgan fingerprint density at radius 2 is 1.72 bits per heavy atom. The molecule has 3 aliphatic rings. The number of morpholine rings is 1. The Morgan fingerprint density at radius 1 is 0.972 bits per heavy atom. The van der Waals surface area contributed by atoms with Gasteiger partial charge < -0.3 is 14.5 Å². The van der Waals surface area contributed by atoms with Gasteiger partial charge in [-0.05, 0) is 41.8 Å². The summed E-state index contributed by atoms with van der Waals surface area (Å²) in [5.74, 6) is -0.858. The van der Waals surface area contributed by atoms with Gasteiger partial charge >= 0.3 is 0 Å². The summed E-state index contributed by atoms with van der Waals surface area (Å²) in [5, 5.41) is 6.88. The van der Waals surface area contributed by atoms with Crippen molar-refractivity contribution in [2.75, 3.05) is 31.2 Å². The van der Waals surface area contributed by atoms with E-state index in [-0.39, 0.29) is 18.2 Å². The van der Waals surface area contributed by atoms with Gasteiger partial charge in [-0.15, -0.1) is 0 Å². The maximum absolute atomic E-state index is 13.1. The van der Waals surface area contributed by atoms with E-state index in [4.69, 9.17) is 4.74 Å². The number of rotatable bonds is 4. The van der Waals surface area contributed by atoms with E-state index in [0.29, 0.717) is 18.5 Å². The van der Waals surface area contributed by atoms with Gasteiger partial charge in [0.25, 0.3) is 5.91 Å². The second kappa shape index (κ2) is 8.91. The monoisotopic (exact) mass is 485 g/mol. The maximum atomic E-state index is 13.1. The van der Waals surface area contributed by atoms with Crippen LogP contribution in [0.2, 0.25) is 0 Å². The zero-order valence-corrected chi connectivity index (χ0v) is 20.1. The third-order valence-electron chi connectivity index (χ3n) is 7.29. The summed E-state index contributed by atoms with van der Waals surface area (Å²) in [7, 11) is 1.93. The number of ether oxygens (including phenoxy) is 1. The van der Waals surface area contributed by atoms with Gasteiger partial charge in [-0.1, -0.05) is 18.2 Å². The third-order valence-corrected chi connectivity index (χ3v) is 7.29. The summed E-state index contributed by atoms with van der Waals surface area (Å²) >= 11 is 0. The van der Waals surface area contributed by atoms with E-state index in [1.54, 1.807) is 4.90 Å². The fourth-order valence-electron chi connectivity index (χ4n) is 5.38. The molecule has 1 N–H and O–H groups in total. The van der Waals surface area contributed by atoms with Gasteiger partial charge in [0.1, 0.15) is 6.04 Å². The fraction of sp³-hybridized carbons (Fsp3) is 0.333. The summed E-state index contributed by atoms with van der Waals surface area (Å²) in [4.78, 5) is 40.8. The molecule has 1 aromatic heterocycles. The Morgan fingerprint density at radius 3 is 2.47 bits per heavy atom. The topological polar surface area (TPSA) is 96.8 Å². The van der Waals surface area contributed by atoms with Crippen LogP contribution in [0.25, 0.3) is 22.4 Å². The molecule has 36 heavy (non-hydrogen) atoms. The first-order valence-electron chi connectivity index (χ1n) is 12.2. The molecule has 2 fully saturated rings. The van der Waals surface area contributed by atoms with E-state index in [2.05, 4.69) is 39.6 Å². The molecule has 0 radical (unpaired) electrons. The minimum Gasteiger partial charge on any atom is -0.378 e. The Bertz CT molecular complexity index is 1360. The van der Waals surface area contributed by atoms with Gasteiger partial charge in [-0.3, -0.25) is 24.4 Å². The van der Waals surface area contributed by atoms with Crippen molar-refractivity contribution in [3.05, 3.63) is 59.8 Å². The largest absolute Gasteiger partial charge is 0.378 e. The van der Waals surface area contributed by atoms with Gasteiger partial charge in [0.05, 0.1) is 25.1 Å². The number of nitrogens with one attached hydrogen (secondary N) is 1. The lowest BCUT2D eigenvalue weighted by atomic mass is 9.98. The van der Waals surface area contributed by atoms with Crippen molar-refractivity contribution in [2.24, 2.45) is 7.05 Å². The fourth-order valence-corrected chi connectivity index (χ4v) is 5.38. The number of nitrogens with zero attached hydrogens (tertiary/aromatic N) is 4. The van der Waals surface area contributed by atoms with Gasteiger partial charge in [-0.2, -0.15) is 5.10 Å². The number of carbonyl (C=O) groups excluding carboxylic acids is 3. The van der Waals surface area contributed by atoms with Crippen LogP contribution in [-0.2, 0) is 27.9 Å². The first kappa shape index (κ1) is 22.5. The van der Waals surface area contributed by atoms with Crippen molar-refractivity contribution in [1.29, 1.82) is 0 Å². The molecule has 184 valence electrons. The number of hydrogen-bond donors (Lipinski definition) is 1. The predicted octanol–water partition coefficient (Wildman–Crippen LogP) is 2.35. The molecule has 0 unspecified atom stereocenters. The molecular weight excluding hydrogens is 458 g/mol. The van der Waals surface area contributed by atoms with Crippen LogP contribution in [0.15, 0.2) is 48.7 Å². The molecule has 2 saturated heterocycles. The van der Waals surface area contributed by atoms with E-state index in [9.17, 15) is 14.4 Å². The van der Waals surface area contributed by atoms with E-state index < -0.39 is 11.9 Å². The lowest BCUT2D eigenvalue weighted by molar-refractivity contribution is -0.136. The number of benzene rings is 2. The first-order valence-corrected chi connectivity index (χ1v) is 12.2. The molecule has 6 rings (SSSR count). The van der Waals surface area contributed by atoms with E-state index in [1.807, 2.05) is 36.1 Å². The number of aromatic nitrogens is 2. The van der Waals surface area contributed by atoms with Crippen molar-refractivity contribution in [3.63, 3.8) is 0 Å². The highest BCUT2D eigenvalue weighted by Gasteiger charge is 2.39. The molecule has 2 aromatic carbocycles. The average molecular weight is 486 g/mol. The molecular formula is C27H27N5O4. The summed E-state index contributed by atoms with van der Waals surface area (Å²) in [6.45, 7) is 3.61. The number of carbonyl (C=O) groups is 3. The van der Waals surface area contributed by atoms with Crippen molar-refractivity contribution in [2.45, 2.75) is 25.4 Å². The highest BCUT2D eigenvalue weighted by Crippen LogP contribution is 2.36. The Labute approximate surface area is 208 Å². The van der Waals surface area contributed by atoms with Crippen LogP contribution >= 0.6 is 0 Å². The molecule has 3 amide bonds. The summed E-state index contributed by atoms with van der Waals surface area (Å²) < 4.78 is 7.33. The Kier molecular flexibility index (Phi) is 5.56. The summed E-state index contributed by atoms with van der Waals surface area (Å²) in [6.07, 6.45) is 2.44. The van der Waals surface area contributed by atoms with Crippen LogP contribution in [0.5, 0.6) is 0 Å². The Hall–Kier alpha value is -3.98. The molecule has 3 aliphatic heterocycles. The third kappa shape index (κ3) is 3.85. The first-order chi connectivity index (χ1) is 17.5. The minimum absolute atomic E-state index is 0.170. The smallest absolute Gasteiger partial charge is 0.255 e. The average Bonchev–Trinajstić information content (AvgIpc) is 3.44. The van der Waals surface area contributed by atoms with Gasteiger partial charge in [-0.25, -0.2) is 0 Å². The van der Waals surface area contributed by atoms with Gasteiger partial charge in [0, 0.05) is 55.5 Å². The Balaban J connectivity index is 1.28. The van der Waals surface area contributed by atoms with Crippen LogP contribution in [0.4, 0.5) is 5.69 Å². The second-order valence-electron chi connectivity index (χ2n) is 9.45. The molecule has 9 nitrogen and oxygen atoms in total. The quantitative estimate of drug-likeness (QED) is 0.570. The predicted molar refractivity (Wildman–Crippen MR) is 133 cm³/mol. The number of anilines is 1. The van der Waals surface area contributed by atoms with Crippen LogP contribution in [0, 0.1) is 0 Å². The summed E-state index contributed by atoms with van der Waals surface area (Å²) in [6, 6.07) is 13.7. The highest BCUT2D eigenvalue weighted by molar-refractivity contribution is 6.05. The van der Waals surface area contributed by atoms with Crippen LogP contribution in [0.3, 0.4) is 0 Å².